The minimum Gasteiger partial charge on any atom is -0.480 e. The van der Waals surface area contributed by atoms with E-state index in [4.69, 9.17) is 17.2 Å². The highest BCUT2D eigenvalue weighted by molar-refractivity contribution is 5.92. The Morgan fingerprint density at radius 1 is 0.933 bits per heavy atom. The van der Waals surface area contributed by atoms with Crippen LogP contribution in [0.1, 0.15) is 37.7 Å². The molecule has 30 heavy (non-hydrogen) atoms. The van der Waals surface area contributed by atoms with Crippen molar-refractivity contribution in [3.05, 3.63) is 35.9 Å². The number of benzene rings is 1. The maximum atomic E-state index is 12.8. The Morgan fingerprint density at radius 3 is 2.13 bits per heavy atom. The number of amides is 3. The van der Waals surface area contributed by atoms with Crippen LogP contribution in [0.5, 0.6) is 0 Å². The highest BCUT2D eigenvalue weighted by Crippen LogP contribution is 2.07. The monoisotopic (exact) mass is 421 g/mol. The molecule has 3 unspecified atom stereocenters. The predicted molar refractivity (Wildman–Crippen MR) is 111 cm³/mol. The number of nitrogens with one attached hydrogen (secondary N) is 2. The van der Waals surface area contributed by atoms with E-state index in [9.17, 15) is 24.3 Å². The lowest BCUT2D eigenvalue weighted by Gasteiger charge is -2.23. The smallest absolute Gasteiger partial charge is 0.326 e. The molecule has 0 saturated heterocycles. The van der Waals surface area contributed by atoms with E-state index >= 15 is 0 Å². The Bertz CT molecular complexity index is 713. The van der Waals surface area contributed by atoms with Gasteiger partial charge in [-0.3, -0.25) is 14.4 Å². The van der Waals surface area contributed by atoms with E-state index in [-0.39, 0.29) is 25.7 Å². The molecule has 9 N–H and O–H groups in total. The molecule has 0 aliphatic heterocycles. The van der Waals surface area contributed by atoms with Crippen molar-refractivity contribution >= 4 is 23.7 Å². The normalized spacial score (nSPS) is 13.7. The Morgan fingerprint density at radius 2 is 1.57 bits per heavy atom. The molecule has 1 aromatic rings. The minimum absolute atomic E-state index is 0.0394. The van der Waals surface area contributed by atoms with Crippen molar-refractivity contribution in [3.8, 4) is 0 Å². The van der Waals surface area contributed by atoms with Crippen molar-refractivity contribution in [1.82, 2.24) is 10.6 Å². The first kappa shape index (κ1) is 25.1. The molecular weight excluding hydrogens is 390 g/mol. The van der Waals surface area contributed by atoms with Crippen LogP contribution in [0.15, 0.2) is 30.3 Å². The average molecular weight is 421 g/mol. The first-order valence-electron chi connectivity index (χ1n) is 9.86. The number of hydrogen-bond acceptors (Lipinski definition) is 6. The van der Waals surface area contributed by atoms with Crippen molar-refractivity contribution in [2.24, 2.45) is 17.2 Å². The number of carbonyl (C=O) groups excluding carboxylic acids is 3. The van der Waals surface area contributed by atoms with Gasteiger partial charge in [-0.2, -0.15) is 0 Å². The van der Waals surface area contributed by atoms with Gasteiger partial charge in [-0.1, -0.05) is 30.3 Å². The molecule has 0 saturated carbocycles. The van der Waals surface area contributed by atoms with E-state index < -0.39 is 41.8 Å². The number of primary amides is 1. The van der Waals surface area contributed by atoms with Gasteiger partial charge in [0.1, 0.15) is 12.1 Å². The fraction of sp³-hybridized carbons (Fsp3) is 0.500. The second-order valence-electron chi connectivity index (χ2n) is 7.05. The number of unbranched alkanes of at least 4 members (excludes halogenated alkanes) is 1. The van der Waals surface area contributed by atoms with Gasteiger partial charge in [0.25, 0.3) is 0 Å². The van der Waals surface area contributed by atoms with E-state index in [1.54, 1.807) is 24.3 Å². The van der Waals surface area contributed by atoms with Gasteiger partial charge in [-0.25, -0.2) is 4.79 Å². The van der Waals surface area contributed by atoms with Crippen LogP contribution in [-0.4, -0.2) is 53.5 Å². The molecule has 0 heterocycles. The van der Waals surface area contributed by atoms with Crippen molar-refractivity contribution in [2.75, 3.05) is 6.54 Å². The van der Waals surface area contributed by atoms with Gasteiger partial charge in [-0.15, -0.1) is 0 Å². The summed E-state index contributed by atoms with van der Waals surface area (Å²) in [6.45, 7) is 0.427. The molecule has 0 radical (unpaired) electrons. The lowest BCUT2D eigenvalue weighted by molar-refractivity contribution is -0.142. The number of hydrogen-bond donors (Lipinski definition) is 6. The van der Waals surface area contributed by atoms with Gasteiger partial charge < -0.3 is 32.9 Å². The zero-order valence-electron chi connectivity index (χ0n) is 16.9. The van der Waals surface area contributed by atoms with Gasteiger partial charge >= 0.3 is 5.97 Å². The molecule has 0 spiro atoms. The van der Waals surface area contributed by atoms with E-state index in [0.717, 1.165) is 5.56 Å². The summed E-state index contributed by atoms with van der Waals surface area (Å²) in [5, 5.41) is 14.4. The van der Waals surface area contributed by atoms with Crippen LogP contribution in [-0.2, 0) is 25.6 Å². The second kappa shape index (κ2) is 13.3. The number of aliphatic carboxylic acids is 1. The lowest BCUT2D eigenvalue weighted by Crippen LogP contribution is -2.55. The molecule has 3 atom stereocenters. The Kier molecular flexibility index (Phi) is 11.1. The van der Waals surface area contributed by atoms with Crippen LogP contribution in [0.4, 0.5) is 0 Å². The molecule has 1 aromatic carbocycles. The van der Waals surface area contributed by atoms with Crippen LogP contribution in [0.2, 0.25) is 0 Å². The first-order valence-corrected chi connectivity index (χ1v) is 9.86. The molecule has 1 rings (SSSR count). The van der Waals surface area contributed by atoms with Crippen LogP contribution in [0.3, 0.4) is 0 Å². The number of carboxylic acids is 1. The third-order valence-corrected chi connectivity index (χ3v) is 4.52. The zero-order chi connectivity index (χ0) is 22.5. The van der Waals surface area contributed by atoms with E-state index in [0.29, 0.717) is 19.4 Å². The zero-order valence-corrected chi connectivity index (χ0v) is 16.9. The average Bonchev–Trinajstić information content (AvgIpc) is 2.71. The molecule has 0 aromatic heterocycles. The highest BCUT2D eigenvalue weighted by Gasteiger charge is 2.28. The quantitative estimate of drug-likeness (QED) is 0.208. The van der Waals surface area contributed by atoms with Crippen LogP contribution >= 0.6 is 0 Å². The van der Waals surface area contributed by atoms with Crippen LogP contribution in [0.25, 0.3) is 0 Å². The summed E-state index contributed by atoms with van der Waals surface area (Å²) in [6, 6.07) is 5.82. The summed E-state index contributed by atoms with van der Waals surface area (Å²) in [7, 11) is 0. The maximum Gasteiger partial charge on any atom is 0.326 e. The lowest BCUT2D eigenvalue weighted by atomic mass is 10.0. The SMILES string of the molecule is NCCCCC(NC(=O)C(Cc1ccccc1)NC(=O)C(N)CCC(N)=O)C(=O)O. The summed E-state index contributed by atoms with van der Waals surface area (Å²) in [6.07, 6.45) is 1.53. The summed E-state index contributed by atoms with van der Waals surface area (Å²) in [5.41, 5.74) is 17.1. The third-order valence-electron chi connectivity index (χ3n) is 4.52. The molecule has 0 fully saturated rings. The standard InChI is InChI=1S/C20H31N5O5/c21-11-5-4-8-15(20(29)30)24-19(28)16(12-13-6-2-1-3-7-13)25-18(27)14(22)9-10-17(23)26/h1-3,6-7,14-16H,4-5,8-12,21-22H2,(H2,23,26)(H,24,28)(H,25,27)(H,29,30). The molecule has 0 aliphatic rings. The number of nitrogens with two attached hydrogens (primary N) is 3. The van der Waals surface area contributed by atoms with Crippen molar-refractivity contribution in [3.63, 3.8) is 0 Å². The van der Waals surface area contributed by atoms with Crippen molar-refractivity contribution < 1.29 is 24.3 Å². The first-order chi connectivity index (χ1) is 14.2. The molecule has 166 valence electrons. The Hall–Kier alpha value is -2.98. The fourth-order valence-corrected chi connectivity index (χ4v) is 2.79. The van der Waals surface area contributed by atoms with E-state index in [2.05, 4.69) is 10.6 Å². The second-order valence-corrected chi connectivity index (χ2v) is 7.05. The molecule has 10 nitrogen and oxygen atoms in total. The Labute approximate surface area is 175 Å². The van der Waals surface area contributed by atoms with Gasteiger partial charge in [0, 0.05) is 12.8 Å². The van der Waals surface area contributed by atoms with E-state index in [1.165, 1.54) is 0 Å². The van der Waals surface area contributed by atoms with Crippen molar-refractivity contribution in [1.29, 1.82) is 0 Å². The highest BCUT2D eigenvalue weighted by atomic mass is 16.4. The van der Waals surface area contributed by atoms with Gasteiger partial charge in [0.05, 0.1) is 6.04 Å². The number of rotatable bonds is 14. The fourth-order valence-electron chi connectivity index (χ4n) is 2.79. The summed E-state index contributed by atoms with van der Waals surface area (Å²) in [4.78, 5) is 47.6. The molecule has 0 aliphatic carbocycles. The number of carboxylic acid groups (broad SMARTS) is 1. The van der Waals surface area contributed by atoms with Gasteiger partial charge in [0.15, 0.2) is 0 Å². The topological polar surface area (TPSA) is 191 Å². The largest absolute Gasteiger partial charge is 0.480 e. The van der Waals surface area contributed by atoms with Crippen molar-refractivity contribution in [2.45, 2.75) is 56.7 Å². The van der Waals surface area contributed by atoms with Crippen LogP contribution in [0, 0.1) is 0 Å². The number of carbonyl (C=O) groups is 4. The maximum absolute atomic E-state index is 12.8. The molecular formula is C20H31N5O5. The minimum atomic E-state index is -1.16. The Balaban J connectivity index is 2.87. The van der Waals surface area contributed by atoms with Crippen LogP contribution < -0.4 is 27.8 Å². The molecule has 0 bridgehead atoms. The summed E-state index contributed by atoms with van der Waals surface area (Å²) in [5.74, 6) is -3.00. The van der Waals surface area contributed by atoms with Gasteiger partial charge in [-0.05, 0) is 37.8 Å². The predicted octanol–water partition coefficient (Wildman–Crippen LogP) is -0.995. The summed E-state index contributed by atoms with van der Waals surface area (Å²) < 4.78 is 0. The molecule has 3 amide bonds. The third kappa shape index (κ3) is 9.48. The molecule has 10 heteroatoms. The van der Waals surface area contributed by atoms with Gasteiger partial charge in [0.2, 0.25) is 17.7 Å². The summed E-state index contributed by atoms with van der Waals surface area (Å²) >= 11 is 0. The van der Waals surface area contributed by atoms with E-state index in [1.807, 2.05) is 6.07 Å².